The average molecular weight is 299 g/mol. The molecule has 0 saturated carbocycles. The van der Waals surface area contributed by atoms with Crippen LogP contribution >= 0.6 is 15.9 Å². The van der Waals surface area contributed by atoms with Crippen molar-refractivity contribution < 1.29 is 14.3 Å². The van der Waals surface area contributed by atoms with Crippen LogP contribution in [-0.2, 0) is 9.47 Å². The number of carbonyl (C=O) groups is 1. The fourth-order valence-corrected chi connectivity index (χ4v) is 2.34. The Balaban J connectivity index is 1.96. The highest BCUT2D eigenvalue weighted by atomic mass is 79.9. The van der Waals surface area contributed by atoms with Crippen molar-refractivity contribution in [2.24, 2.45) is 0 Å². The Morgan fingerprint density at radius 2 is 2.18 bits per heavy atom. The molecular weight excluding hydrogens is 284 g/mol. The van der Waals surface area contributed by atoms with Crippen LogP contribution in [0.3, 0.4) is 0 Å². The number of alkyl halides is 1. The summed E-state index contributed by atoms with van der Waals surface area (Å²) >= 11 is 3.38. The maximum Gasteiger partial charge on any atom is 0.338 e. The van der Waals surface area contributed by atoms with Gasteiger partial charge in [0.1, 0.15) is 6.10 Å². The van der Waals surface area contributed by atoms with E-state index in [0.29, 0.717) is 5.56 Å². The first-order valence-electron chi connectivity index (χ1n) is 5.68. The van der Waals surface area contributed by atoms with Crippen LogP contribution in [0.4, 0.5) is 0 Å². The summed E-state index contributed by atoms with van der Waals surface area (Å²) in [5.74, 6) is -0.277. The number of esters is 1. The molecule has 0 bridgehead atoms. The molecule has 1 saturated heterocycles. The smallest absolute Gasteiger partial charge is 0.338 e. The van der Waals surface area contributed by atoms with Gasteiger partial charge in [-0.3, -0.25) is 0 Å². The number of rotatable bonds is 3. The van der Waals surface area contributed by atoms with Crippen LogP contribution in [-0.4, -0.2) is 29.6 Å². The van der Waals surface area contributed by atoms with Gasteiger partial charge in [0.15, 0.2) is 0 Å². The second-order valence-electron chi connectivity index (χ2n) is 4.16. The lowest BCUT2D eigenvalue weighted by Crippen LogP contribution is -2.24. The van der Waals surface area contributed by atoms with Crippen molar-refractivity contribution in [3.8, 4) is 0 Å². The van der Waals surface area contributed by atoms with E-state index >= 15 is 0 Å². The molecule has 0 N–H and O–H groups in total. The molecule has 0 aliphatic carbocycles. The number of halogens is 1. The summed E-state index contributed by atoms with van der Waals surface area (Å²) in [7, 11) is 0. The Hall–Kier alpha value is -0.870. The largest absolute Gasteiger partial charge is 0.456 e. The van der Waals surface area contributed by atoms with Gasteiger partial charge in [-0.15, -0.1) is 0 Å². The second kappa shape index (κ2) is 5.65. The lowest BCUT2D eigenvalue weighted by atomic mass is 10.1. The topological polar surface area (TPSA) is 35.5 Å². The summed E-state index contributed by atoms with van der Waals surface area (Å²) in [4.78, 5) is 11.9. The minimum Gasteiger partial charge on any atom is -0.456 e. The molecule has 1 aromatic carbocycles. The minimum atomic E-state index is -0.277. The molecule has 1 aliphatic rings. The molecule has 3 atom stereocenters. The van der Waals surface area contributed by atoms with Crippen LogP contribution in [0.15, 0.2) is 30.3 Å². The molecule has 3 nitrogen and oxygen atoms in total. The van der Waals surface area contributed by atoms with Gasteiger partial charge in [0.25, 0.3) is 0 Å². The first-order valence-corrected chi connectivity index (χ1v) is 6.80. The lowest BCUT2D eigenvalue weighted by Gasteiger charge is -2.14. The average Bonchev–Trinajstić information content (AvgIpc) is 2.71. The monoisotopic (exact) mass is 298 g/mol. The molecule has 0 aromatic heterocycles. The van der Waals surface area contributed by atoms with Crippen LogP contribution in [0.5, 0.6) is 0 Å². The van der Waals surface area contributed by atoms with E-state index in [2.05, 4.69) is 15.9 Å². The fourth-order valence-electron chi connectivity index (χ4n) is 1.92. The summed E-state index contributed by atoms with van der Waals surface area (Å²) in [6.45, 7) is 1.94. The summed E-state index contributed by atoms with van der Waals surface area (Å²) < 4.78 is 11.1. The summed E-state index contributed by atoms with van der Waals surface area (Å²) in [6, 6.07) is 9.04. The molecule has 0 spiro atoms. The number of hydrogen-bond donors (Lipinski definition) is 0. The van der Waals surface area contributed by atoms with E-state index < -0.39 is 0 Å². The van der Waals surface area contributed by atoms with E-state index in [9.17, 15) is 4.79 Å². The Kier molecular flexibility index (Phi) is 4.18. The lowest BCUT2D eigenvalue weighted by molar-refractivity contribution is -0.000699. The number of carbonyl (C=O) groups excluding carboxylic acids is 1. The zero-order chi connectivity index (χ0) is 12.3. The Morgan fingerprint density at radius 3 is 2.76 bits per heavy atom. The van der Waals surface area contributed by atoms with E-state index in [1.807, 2.05) is 25.1 Å². The Bertz CT molecular complexity index is 380. The van der Waals surface area contributed by atoms with Gasteiger partial charge in [-0.1, -0.05) is 34.1 Å². The van der Waals surface area contributed by atoms with Crippen molar-refractivity contribution in [3.63, 3.8) is 0 Å². The molecule has 0 amide bonds. The van der Waals surface area contributed by atoms with Crippen molar-refractivity contribution in [2.45, 2.75) is 31.7 Å². The number of hydrogen-bond acceptors (Lipinski definition) is 3. The molecule has 1 aromatic rings. The molecule has 4 heteroatoms. The van der Waals surface area contributed by atoms with Crippen molar-refractivity contribution in [1.29, 1.82) is 0 Å². The van der Waals surface area contributed by atoms with Gasteiger partial charge in [-0.25, -0.2) is 4.79 Å². The molecule has 1 aliphatic heterocycles. The van der Waals surface area contributed by atoms with E-state index in [1.54, 1.807) is 12.1 Å². The zero-order valence-electron chi connectivity index (χ0n) is 9.64. The molecular formula is C13H15BrO3. The number of ether oxygens (including phenoxy) is 2. The summed E-state index contributed by atoms with van der Waals surface area (Å²) in [5, 5.41) is 0.775. The standard InChI is InChI=1S/C13H15BrO3/c1-9-12(7-11(8-14)16-9)17-13(15)10-5-3-2-4-6-10/h2-6,9,11-12H,7-8H2,1H3/t9-,11+,12-/m1/s1. The van der Waals surface area contributed by atoms with Gasteiger partial charge >= 0.3 is 5.97 Å². The maximum atomic E-state index is 11.9. The maximum absolute atomic E-state index is 11.9. The van der Waals surface area contributed by atoms with Crippen molar-refractivity contribution in [2.75, 3.05) is 5.33 Å². The zero-order valence-corrected chi connectivity index (χ0v) is 11.2. The first kappa shape index (κ1) is 12.6. The fraction of sp³-hybridized carbons (Fsp3) is 0.462. The van der Waals surface area contributed by atoms with Crippen LogP contribution in [0.2, 0.25) is 0 Å². The third kappa shape index (κ3) is 3.07. The summed E-state index contributed by atoms with van der Waals surface area (Å²) in [6.07, 6.45) is 0.708. The van der Waals surface area contributed by atoms with E-state index in [1.165, 1.54) is 0 Å². The molecule has 0 unspecified atom stereocenters. The van der Waals surface area contributed by atoms with Crippen LogP contribution < -0.4 is 0 Å². The third-order valence-corrected chi connectivity index (χ3v) is 3.59. The van der Waals surface area contributed by atoms with Crippen LogP contribution in [0, 0.1) is 0 Å². The first-order chi connectivity index (χ1) is 8.20. The predicted molar refractivity (Wildman–Crippen MR) is 68.4 cm³/mol. The quantitative estimate of drug-likeness (QED) is 0.636. The molecule has 1 fully saturated rings. The SMILES string of the molecule is C[C@H]1O[C@H](CBr)C[C@H]1OC(=O)c1ccccc1. The molecule has 2 rings (SSSR count). The highest BCUT2D eigenvalue weighted by molar-refractivity contribution is 9.09. The Labute approximate surface area is 109 Å². The van der Waals surface area contributed by atoms with E-state index in [4.69, 9.17) is 9.47 Å². The normalized spacial score (nSPS) is 28.0. The molecule has 0 radical (unpaired) electrons. The molecule has 17 heavy (non-hydrogen) atoms. The summed E-state index contributed by atoms with van der Waals surface area (Å²) in [5.41, 5.74) is 0.585. The van der Waals surface area contributed by atoms with Gasteiger partial charge in [0.05, 0.1) is 17.8 Å². The highest BCUT2D eigenvalue weighted by Gasteiger charge is 2.34. The minimum absolute atomic E-state index is 0.0368. The second-order valence-corrected chi connectivity index (χ2v) is 4.81. The van der Waals surface area contributed by atoms with Gasteiger partial charge < -0.3 is 9.47 Å². The van der Waals surface area contributed by atoms with Gasteiger partial charge in [-0.2, -0.15) is 0 Å². The van der Waals surface area contributed by atoms with Crippen molar-refractivity contribution in [1.82, 2.24) is 0 Å². The molecule has 92 valence electrons. The third-order valence-electron chi connectivity index (χ3n) is 2.87. The van der Waals surface area contributed by atoms with Crippen molar-refractivity contribution in [3.05, 3.63) is 35.9 Å². The highest BCUT2D eigenvalue weighted by Crippen LogP contribution is 2.25. The van der Waals surface area contributed by atoms with E-state index in [0.717, 1.165) is 11.8 Å². The molecule has 1 heterocycles. The van der Waals surface area contributed by atoms with Crippen molar-refractivity contribution >= 4 is 21.9 Å². The van der Waals surface area contributed by atoms with Crippen LogP contribution in [0.25, 0.3) is 0 Å². The predicted octanol–water partition coefficient (Wildman–Crippen LogP) is 2.78. The Morgan fingerprint density at radius 1 is 1.47 bits per heavy atom. The number of benzene rings is 1. The van der Waals surface area contributed by atoms with Crippen LogP contribution in [0.1, 0.15) is 23.7 Å². The van der Waals surface area contributed by atoms with Gasteiger partial charge in [0.2, 0.25) is 0 Å². The van der Waals surface area contributed by atoms with E-state index in [-0.39, 0.29) is 24.3 Å². The van der Waals surface area contributed by atoms with Gasteiger partial charge in [0, 0.05) is 11.8 Å². The van der Waals surface area contributed by atoms with Gasteiger partial charge in [-0.05, 0) is 19.1 Å².